The fraction of sp³-hybridized carbons (Fsp3) is 0.500. The van der Waals surface area contributed by atoms with Crippen molar-refractivity contribution in [2.75, 3.05) is 20.8 Å². The zero-order valence-corrected chi connectivity index (χ0v) is 11.6. The van der Waals surface area contributed by atoms with Crippen molar-refractivity contribution in [2.24, 2.45) is 5.73 Å². The van der Waals surface area contributed by atoms with Gasteiger partial charge in [-0.05, 0) is 37.9 Å². The minimum absolute atomic E-state index is 0.678. The smallest absolute Gasteiger partial charge is 0.164 e. The first kappa shape index (κ1) is 13.3. The molecule has 0 amide bonds. The average molecular weight is 288 g/mol. The Hall–Kier alpha value is -0.740. The van der Waals surface area contributed by atoms with E-state index in [4.69, 9.17) is 15.2 Å². The van der Waals surface area contributed by atoms with E-state index in [2.05, 4.69) is 22.9 Å². The highest BCUT2D eigenvalue weighted by molar-refractivity contribution is 9.10. The fourth-order valence-corrected chi connectivity index (χ4v) is 2.15. The van der Waals surface area contributed by atoms with Crippen LogP contribution in [0.25, 0.3) is 0 Å². The Morgan fingerprint density at radius 3 is 2.50 bits per heavy atom. The summed E-state index contributed by atoms with van der Waals surface area (Å²) in [7, 11) is 3.31. The second-order valence-corrected chi connectivity index (χ2v) is 4.44. The highest BCUT2D eigenvalue weighted by Crippen LogP contribution is 2.38. The molecule has 4 heteroatoms. The summed E-state index contributed by atoms with van der Waals surface area (Å²) >= 11 is 3.53. The van der Waals surface area contributed by atoms with Crippen molar-refractivity contribution in [3.8, 4) is 11.5 Å². The molecule has 0 fully saturated rings. The van der Waals surface area contributed by atoms with Gasteiger partial charge in [-0.3, -0.25) is 0 Å². The number of ether oxygens (including phenoxy) is 2. The van der Waals surface area contributed by atoms with E-state index >= 15 is 0 Å². The van der Waals surface area contributed by atoms with Crippen LogP contribution in [0.4, 0.5) is 0 Å². The van der Waals surface area contributed by atoms with Crippen molar-refractivity contribution >= 4 is 15.9 Å². The predicted octanol–water partition coefficient (Wildman–Crippen LogP) is 2.67. The lowest BCUT2D eigenvalue weighted by atomic mass is 10.0. The van der Waals surface area contributed by atoms with Crippen molar-refractivity contribution in [1.82, 2.24) is 0 Å². The van der Waals surface area contributed by atoms with Gasteiger partial charge in [0, 0.05) is 10.0 Å². The second kappa shape index (κ2) is 6.11. The SMILES string of the molecule is COc1cc(Br)c(C)c(CCCN)c1OC. The summed E-state index contributed by atoms with van der Waals surface area (Å²) in [6, 6.07) is 1.93. The van der Waals surface area contributed by atoms with Gasteiger partial charge in [-0.15, -0.1) is 0 Å². The number of rotatable bonds is 5. The van der Waals surface area contributed by atoms with Crippen LogP contribution in [0.1, 0.15) is 17.5 Å². The van der Waals surface area contributed by atoms with Gasteiger partial charge >= 0.3 is 0 Å². The molecule has 3 nitrogen and oxygen atoms in total. The maximum atomic E-state index is 5.54. The molecule has 0 spiro atoms. The van der Waals surface area contributed by atoms with Crippen LogP contribution in [0.15, 0.2) is 10.5 Å². The monoisotopic (exact) mass is 287 g/mol. The van der Waals surface area contributed by atoms with Crippen molar-refractivity contribution < 1.29 is 9.47 Å². The van der Waals surface area contributed by atoms with Crippen molar-refractivity contribution in [2.45, 2.75) is 19.8 Å². The first-order chi connectivity index (χ1) is 7.65. The molecule has 0 radical (unpaired) electrons. The molecule has 16 heavy (non-hydrogen) atoms. The van der Waals surface area contributed by atoms with E-state index in [1.54, 1.807) is 14.2 Å². The molecule has 0 heterocycles. The van der Waals surface area contributed by atoms with Crippen LogP contribution < -0.4 is 15.2 Å². The predicted molar refractivity (Wildman–Crippen MR) is 69.4 cm³/mol. The molecular weight excluding hydrogens is 270 g/mol. The molecule has 0 aromatic heterocycles. The van der Waals surface area contributed by atoms with Crippen LogP contribution in [0.5, 0.6) is 11.5 Å². The summed E-state index contributed by atoms with van der Waals surface area (Å²) in [6.07, 6.45) is 1.85. The third-order valence-corrected chi connectivity index (χ3v) is 3.45. The number of nitrogens with two attached hydrogens (primary N) is 1. The summed E-state index contributed by atoms with van der Waals surface area (Å²) in [5, 5.41) is 0. The van der Waals surface area contributed by atoms with Crippen molar-refractivity contribution in [3.63, 3.8) is 0 Å². The quantitative estimate of drug-likeness (QED) is 0.906. The van der Waals surface area contributed by atoms with Gasteiger partial charge in [0.25, 0.3) is 0 Å². The van der Waals surface area contributed by atoms with Gasteiger partial charge < -0.3 is 15.2 Å². The Morgan fingerprint density at radius 1 is 1.31 bits per heavy atom. The Kier molecular flexibility index (Phi) is 5.09. The number of methoxy groups -OCH3 is 2. The standard InChI is InChI=1S/C12H18BrNO2/c1-8-9(5-4-6-14)12(16-3)11(15-2)7-10(8)13/h7H,4-6,14H2,1-3H3. The molecule has 1 rings (SSSR count). The van der Waals surface area contributed by atoms with Crippen LogP contribution >= 0.6 is 15.9 Å². The average Bonchev–Trinajstić information content (AvgIpc) is 2.30. The molecule has 0 aliphatic heterocycles. The normalized spacial score (nSPS) is 10.3. The molecule has 1 aromatic carbocycles. The van der Waals surface area contributed by atoms with Crippen LogP contribution in [0.2, 0.25) is 0 Å². The van der Waals surface area contributed by atoms with Crippen molar-refractivity contribution in [1.29, 1.82) is 0 Å². The lowest BCUT2D eigenvalue weighted by molar-refractivity contribution is 0.350. The van der Waals surface area contributed by atoms with Gasteiger partial charge in [-0.25, -0.2) is 0 Å². The summed E-state index contributed by atoms with van der Waals surface area (Å²) in [5.41, 5.74) is 7.89. The number of hydrogen-bond acceptors (Lipinski definition) is 3. The maximum absolute atomic E-state index is 5.54. The maximum Gasteiger partial charge on any atom is 0.164 e. The number of halogens is 1. The number of benzene rings is 1. The molecule has 2 N–H and O–H groups in total. The molecule has 0 unspecified atom stereocenters. The Labute approximate surface area is 105 Å². The lowest BCUT2D eigenvalue weighted by Gasteiger charge is -2.16. The molecule has 0 saturated carbocycles. The van der Waals surface area contributed by atoms with Gasteiger partial charge in [0.05, 0.1) is 14.2 Å². The Bertz CT molecular complexity index is 367. The van der Waals surface area contributed by atoms with Gasteiger partial charge in [-0.1, -0.05) is 15.9 Å². The number of hydrogen-bond donors (Lipinski definition) is 1. The first-order valence-corrected chi connectivity index (χ1v) is 6.05. The largest absolute Gasteiger partial charge is 0.493 e. The van der Waals surface area contributed by atoms with E-state index < -0.39 is 0 Å². The molecule has 0 bridgehead atoms. The Morgan fingerprint density at radius 2 is 2.00 bits per heavy atom. The van der Waals surface area contributed by atoms with E-state index in [1.807, 2.05) is 6.07 Å². The van der Waals surface area contributed by atoms with Gasteiger partial charge in [0.2, 0.25) is 0 Å². The summed E-state index contributed by atoms with van der Waals surface area (Å²) in [5.74, 6) is 1.57. The summed E-state index contributed by atoms with van der Waals surface area (Å²) in [4.78, 5) is 0. The van der Waals surface area contributed by atoms with Gasteiger partial charge in [0.15, 0.2) is 11.5 Å². The van der Waals surface area contributed by atoms with Crippen molar-refractivity contribution in [3.05, 3.63) is 21.7 Å². The third kappa shape index (κ3) is 2.68. The van der Waals surface area contributed by atoms with Gasteiger partial charge in [-0.2, -0.15) is 0 Å². The zero-order chi connectivity index (χ0) is 12.1. The minimum Gasteiger partial charge on any atom is -0.493 e. The zero-order valence-electron chi connectivity index (χ0n) is 9.97. The fourth-order valence-electron chi connectivity index (χ4n) is 1.71. The van der Waals surface area contributed by atoms with E-state index in [0.717, 1.165) is 28.8 Å². The van der Waals surface area contributed by atoms with Gasteiger partial charge in [0.1, 0.15) is 0 Å². The van der Waals surface area contributed by atoms with Crippen LogP contribution in [0, 0.1) is 6.92 Å². The second-order valence-electron chi connectivity index (χ2n) is 3.59. The highest BCUT2D eigenvalue weighted by atomic mass is 79.9. The van der Waals surface area contributed by atoms with Crippen LogP contribution in [-0.2, 0) is 6.42 Å². The molecule has 90 valence electrons. The first-order valence-electron chi connectivity index (χ1n) is 5.25. The van der Waals surface area contributed by atoms with E-state index in [9.17, 15) is 0 Å². The van der Waals surface area contributed by atoms with Crippen LogP contribution in [-0.4, -0.2) is 20.8 Å². The van der Waals surface area contributed by atoms with E-state index in [1.165, 1.54) is 11.1 Å². The third-order valence-electron chi connectivity index (χ3n) is 2.62. The molecule has 0 saturated heterocycles. The molecule has 0 aliphatic carbocycles. The highest BCUT2D eigenvalue weighted by Gasteiger charge is 2.15. The van der Waals surface area contributed by atoms with Crippen LogP contribution in [0.3, 0.4) is 0 Å². The molecule has 0 aliphatic rings. The Balaban J connectivity index is 3.23. The minimum atomic E-state index is 0.678. The molecule has 1 aromatic rings. The van der Waals surface area contributed by atoms with E-state index in [0.29, 0.717) is 6.54 Å². The lowest BCUT2D eigenvalue weighted by Crippen LogP contribution is -2.04. The summed E-state index contributed by atoms with van der Waals surface area (Å²) in [6.45, 7) is 2.75. The molecule has 0 atom stereocenters. The molecular formula is C12H18BrNO2. The topological polar surface area (TPSA) is 44.5 Å². The summed E-state index contributed by atoms with van der Waals surface area (Å²) < 4.78 is 11.8. The van der Waals surface area contributed by atoms with E-state index in [-0.39, 0.29) is 0 Å².